The number of ether oxygens (including phenoxy) is 1. The molecule has 0 rings (SSSR count). The van der Waals surface area contributed by atoms with Crippen LogP contribution in [0.1, 0.15) is 13.3 Å². The molecule has 0 unspecified atom stereocenters. The smallest absolute Gasteiger partial charge is 0.204 e. The summed E-state index contributed by atoms with van der Waals surface area (Å²) in [5, 5.41) is 0. The van der Waals surface area contributed by atoms with Gasteiger partial charge in [0.2, 0.25) is 5.85 Å². The molecule has 0 aromatic heterocycles. The van der Waals surface area contributed by atoms with Gasteiger partial charge in [0.25, 0.3) is 0 Å². The van der Waals surface area contributed by atoms with Crippen molar-refractivity contribution in [3.63, 3.8) is 0 Å². The number of hydrogen-bond donors (Lipinski definition) is 6. The Morgan fingerprint density at radius 3 is 1.83 bits per heavy atom. The maximum Gasteiger partial charge on any atom is 0.204 e. The van der Waals surface area contributed by atoms with Gasteiger partial charge in [-0.15, -0.1) is 0 Å². The normalized spacial score (nSPS) is 14.0. The largest absolute Gasteiger partial charge is 0.313 e. The predicted octanol–water partition coefficient (Wildman–Crippen LogP) is -3.20. The minimum absolute atomic E-state index is 0.340. The van der Waals surface area contributed by atoms with E-state index in [1.54, 1.807) is 6.92 Å². The van der Waals surface area contributed by atoms with Crippen LogP contribution in [0.25, 0.3) is 0 Å². The van der Waals surface area contributed by atoms with E-state index >= 15 is 0 Å². The summed E-state index contributed by atoms with van der Waals surface area (Å²) in [6, 6.07) is 0. The molecule has 0 aliphatic carbocycles. The van der Waals surface area contributed by atoms with Crippen LogP contribution in [0.3, 0.4) is 0 Å². The zero-order chi connectivity index (χ0) is 9.99. The van der Waals surface area contributed by atoms with Gasteiger partial charge in [0.15, 0.2) is 6.35 Å². The maximum absolute atomic E-state index is 5.53. The van der Waals surface area contributed by atoms with Crippen LogP contribution >= 0.6 is 0 Å². The fourth-order valence-corrected chi connectivity index (χ4v) is 0.611. The Kier molecular flexibility index (Phi) is 3.54. The Labute approximate surface area is 71.4 Å². The standard InChI is InChI=1S/C5H18N6O/c1-2-4(8,9)5(10,11)12-3(6)7/h3H,2,6-11H2,1H3. The van der Waals surface area contributed by atoms with Crippen LogP contribution in [0.5, 0.6) is 0 Å². The Bertz CT molecular complexity index is 145. The fraction of sp³-hybridized carbons (Fsp3) is 1.00. The van der Waals surface area contributed by atoms with E-state index in [0.717, 1.165) is 0 Å². The Morgan fingerprint density at radius 2 is 1.58 bits per heavy atom. The molecule has 7 heteroatoms. The van der Waals surface area contributed by atoms with Crippen molar-refractivity contribution >= 4 is 0 Å². The van der Waals surface area contributed by atoms with E-state index in [1.165, 1.54) is 0 Å². The van der Waals surface area contributed by atoms with Gasteiger partial charge in [0, 0.05) is 0 Å². The van der Waals surface area contributed by atoms with Gasteiger partial charge >= 0.3 is 0 Å². The molecule has 0 saturated carbocycles. The van der Waals surface area contributed by atoms with Crippen LogP contribution in [0.15, 0.2) is 0 Å². The van der Waals surface area contributed by atoms with Crippen molar-refractivity contribution in [2.24, 2.45) is 34.4 Å². The van der Waals surface area contributed by atoms with Gasteiger partial charge in [0.1, 0.15) is 5.66 Å². The minimum atomic E-state index is -1.73. The summed E-state index contributed by atoms with van der Waals surface area (Å²) in [6.45, 7) is 1.72. The van der Waals surface area contributed by atoms with E-state index < -0.39 is 17.9 Å². The van der Waals surface area contributed by atoms with Crippen LogP contribution in [0.4, 0.5) is 0 Å². The highest BCUT2D eigenvalue weighted by Gasteiger charge is 2.40. The van der Waals surface area contributed by atoms with Gasteiger partial charge in [-0.1, -0.05) is 6.92 Å². The summed E-state index contributed by atoms with van der Waals surface area (Å²) in [6.07, 6.45) is -0.759. The second kappa shape index (κ2) is 3.62. The predicted molar refractivity (Wildman–Crippen MR) is 45.8 cm³/mol. The lowest BCUT2D eigenvalue weighted by atomic mass is 10.0. The summed E-state index contributed by atoms with van der Waals surface area (Å²) < 4.78 is 4.75. The van der Waals surface area contributed by atoms with Crippen molar-refractivity contribution in [3.05, 3.63) is 0 Å². The molecule has 7 nitrogen and oxygen atoms in total. The van der Waals surface area contributed by atoms with Crippen LogP contribution in [-0.2, 0) is 4.74 Å². The average molecular weight is 178 g/mol. The summed E-state index contributed by atoms with van der Waals surface area (Å²) in [5.41, 5.74) is 30.8. The van der Waals surface area contributed by atoms with Crippen molar-refractivity contribution in [2.45, 2.75) is 31.2 Å². The molecule has 0 aliphatic rings. The third kappa shape index (κ3) is 2.64. The molecule has 0 aromatic carbocycles. The quantitative estimate of drug-likeness (QED) is 0.246. The first-order chi connectivity index (χ1) is 5.23. The van der Waals surface area contributed by atoms with Crippen LogP contribution in [-0.4, -0.2) is 17.9 Å². The van der Waals surface area contributed by atoms with Crippen molar-refractivity contribution in [1.29, 1.82) is 0 Å². The Balaban J connectivity index is 4.37. The molecule has 0 bridgehead atoms. The highest BCUT2D eigenvalue weighted by Crippen LogP contribution is 2.11. The van der Waals surface area contributed by atoms with E-state index in [-0.39, 0.29) is 0 Å². The molecular formula is C5H18N6O. The number of hydrogen-bond acceptors (Lipinski definition) is 7. The molecule has 0 saturated heterocycles. The van der Waals surface area contributed by atoms with Gasteiger partial charge in [-0.05, 0) is 6.42 Å². The molecule has 0 spiro atoms. The fourth-order valence-electron chi connectivity index (χ4n) is 0.611. The first kappa shape index (κ1) is 11.7. The molecule has 12 N–H and O–H groups in total. The Morgan fingerprint density at radius 1 is 1.17 bits per heavy atom. The van der Waals surface area contributed by atoms with Gasteiger partial charge < -0.3 is 16.2 Å². The second-order valence-electron chi connectivity index (χ2n) is 2.77. The first-order valence-corrected chi connectivity index (χ1v) is 3.57. The van der Waals surface area contributed by atoms with Crippen LogP contribution in [0, 0.1) is 0 Å². The highest BCUT2D eigenvalue weighted by atomic mass is 16.6. The zero-order valence-corrected chi connectivity index (χ0v) is 7.16. The van der Waals surface area contributed by atoms with Crippen molar-refractivity contribution in [1.82, 2.24) is 0 Å². The van der Waals surface area contributed by atoms with Gasteiger partial charge in [-0.25, -0.2) is 0 Å². The molecule has 0 heterocycles. The highest BCUT2D eigenvalue weighted by molar-refractivity contribution is 4.91. The minimum Gasteiger partial charge on any atom is -0.313 e. The third-order valence-electron chi connectivity index (χ3n) is 1.64. The zero-order valence-electron chi connectivity index (χ0n) is 7.16. The third-order valence-corrected chi connectivity index (χ3v) is 1.64. The molecule has 12 heavy (non-hydrogen) atoms. The maximum atomic E-state index is 5.53. The monoisotopic (exact) mass is 178 g/mol. The number of rotatable bonds is 4. The van der Waals surface area contributed by atoms with E-state index in [9.17, 15) is 0 Å². The van der Waals surface area contributed by atoms with Crippen molar-refractivity contribution in [2.75, 3.05) is 0 Å². The van der Waals surface area contributed by atoms with Crippen LogP contribution < -0.4 is 34.4 Å². The first-order valence-electron chi connectivity index (χ1n) is 3.57. The topological polar surface area (TPSA) is 165 Å². The summed E-state index contributed by atoms with van der Waals surface area (Å²) in [5.74, 6) is -1.73. The second-order valence-corrected chi connectivity index (χ2v) is 2.77. The summed E-state index contributed by atoms with van der Waals surface area (Å²) >= 11 is 0. The van der Waals surface area contributed by atoms with Crippen LogP contribution in [0.2, 0.25) is 0 Å². The molecule has 0 fully saturated rings. The van der Waals surface area contributed by atoms with Gasteiger partial charge in [0.05, 0.1) is 0 Å². The average Bonchev–Trinajstić information content (AvgIpc) is 1.84. The van der Waals surface area contributed by atoms with Crippen molar-refractivity contribution < 1.29 is 4.74 Å². The lowest BCUT2D eigenvalue weighted by Crippen LogP contribution is -2.78. The summed E-state index contributed by atoms with van der Waals surface area (Å²) in [7, 11) is 0. The van der Waals surface area contributed by atoms with E-state index in [0.29, 0.717) is 6.42 Å². The molecule has 74 valence electrons. The molecular weight excluding hydrogens is 160 g/mol. The van der Waals surface area contributed by atoms with Gasteiger partial charge in [-0.3, -0.25) is 22.9 Å². The van der Waals surface area contributed by atoms with Gasteiger partial charge in [-0.2, -0.15) is 0 Å². The molecule has 0 radical (unpaired) electrons. The van der Waals surface area contributed by atoms with E-state index in [1.807, 2.05) is 0 Å². The van der Waals surface area contributed by atoms with E-state index in [2.05, 4.69) is 0 Å². The molecule has 0 aliphatic heterocycles. The molecule has 0 amide bonds. The molecule has 0 aromatic rings. The lowest BCUT2D eigenvalue weighted by Gasteiger charge is -2.39. The summed E-state index contributed by atoms with van der Waals surface area (Å²) in [4.78, 5) is 0. The SMILES string of the molecule is CCC(N)(N)C(N)(N)OC(N)N. The lowest BCUT2D eigenvalue weighted by molar-refractivity contribution is -0.127. The van der Waals surface area contributed by atoms with E-state index in [4.69, 9.17) is 39.1 Å². The Hall–Kier alpha value is -0.280. The molecule has 0 atom stereocenters. The van der Waals surface area contributed by atoms with Crippen molar-refractivity contribution in [3.8, 4) is 0 Å². The number of nitrogens with two attached hydrogens (primary N) is 6.